The van der Waals surface area contributed by atoms with Crippen molar-refractivity contribution in [1.29, 1.82) is 0 Å². The summed E-state index contributed by atoms with van der Waals surface area (Å²) in [4.78, 5) is 4.96. The van der Waals surface area contributed by atoms with E-state index in [0.29, 0.717) is 0 Å². The molecule has 0 aliphatic carbocycles. The molecule has 0 unspecified atom stereocenters. The number of hydrogen-bond donors (Lipinski definition) is 0. The van der Waals surface area contributed by atoms with Crippen molar-refractivity contribution >= 4 is 111 Å². The van der Waals surface area contributed by atoms with Gasteiger partial charge < -0.3 is 14.2 Å². The maximum atomic E-state index is 7.20. The van der Waals surface area contributed by atoms with Crippen molar-refractivity contribution in [3.05, 3.63) is 249 Å². The SMILES string of the molecule is c1ccc(-c2c(-c3ccccc3N3c4ccccc4B4c5ccccc5N(c5ccccc5)c5cccc3c54)ccc3c2oc2cc(-c4ccc5c6ccccc6c6ccccc6c5c4)ccc23)cc1. The summed E-state index contributed by atoms with van der Waals surface area (Å²) < 4.78 is 7.20. The Hall–Kier alpha value is -9.12. The van der Waals surface area contributed by atoms with E-state index in [9.17, 15) is 0 Å². The van der Waals surface area contributed by atoms with E-state index in [1.165, 1.54) is 71.5 Å². The van der Waals surface area contributed by atoms with Crippen molar-refractivity contribution in [3.63, 3.8) is 0 Å². The van der Waals surface area contributed by atoms with Gasteiger partial charge in [0.2, 0.25) is 0 Å². The standard InChI is InChI=1S/C66H41BN2O/c1-3-18-42(19-4-1)64-53(38-39-54-52-37-35-44(41-63(52)70-66(54)64)43-34-36-50-48-24-8-7-22-46(48)47-23-9-10-25-49(47)55(50)40-43)51-26-11-14-29-58(51)69-60-31-16-13-28-57(60)67-56-27-12-15-30-59(56)68(45-20-5-2-6-21-45)61-32-17-33-62(69)65(61)67/h1-41H. The van der Waals surface area contributed by atoms with Gasteiger partial charge >= 0.3 is 0 Å². The van der Waals surface area contributed by atoms with Crippen molar-refractivity contribution < 1.29 is 4.42 Å². The number of benzene rings is 12. The Morgan fingerprint density at radius 1 is 0.300 bits per heavy atom. The molecule has 324 valence electrons. The smallest absolute Gasteiger partial charge is 0.252 e. The Labute approximate surface area is 405 Å². The highest BCUT2D eigenvalue weighted by molar-refractivity contribution is 7.00. The fourth-order valence-electron chi connectivity index (χ4n) is 12.1. The summed E-state index contributed by atoms with van der Waals surface area (Å²) in [5.41, 5.74) is 19.4. The molecule has 4 heteroatoms. The van der Waals surface area contributed by atoms with E-state index in [1.807, 2.05) is 0 Å². The van der Waals surface area contributed by atoms with Crippen LogP contribution in [0, 0.1) is 0 Å². The van der Waals surface area contributed by atoms with Gasteiger partial charge in [-0.25, -0.2) is 0 Å². The highest BCUT2D eigenvalue weighted by atomic mass is 16.3. The molecule has 13 aromatic rings. The van der Waals surface area contributed by atoms with E-state index in [-0.39, 0.29) is 6.71 Å². The molecule has 0 spiro atoms. The lowest BCUT2D eigenvalue weighted by atomic mass is 9.33. The summed E-state index contributed by atoms with van der Waals surface area (Å²) in [6, 6.07) is 91.1. The molecule has 0 N–H and O–H groups in total. The molecule has 0 bridgehead atoms. The van der Waals surface area contributed by atoms with Gasteiger partial charge in [0.1, 0.15) is 11.2 Å². The van der Waals surface area contributed by atoms with Crippen molar-refractivity contribution in [2.75, 3.05) is 9.80 Å². The molecule has 2 aliphatic rings. The molecule has 0 amide bonds. The summed E-state index contributed by atoms with van der Waals surface area (Å²) in [5, 5.41) is 9.83. The Bertz CT molecular complexity index is 4240. The Morgan fingerprint density at radius 3 is 1.50 bits per heavy atom. The third kappa shape index (κ3) is 5.65. The lowest BCUT2D eigenvalue weighted by Crippen LogP contribution is -2.61. The predicted octanol–water partition coefficient (Wildman–Crippen LogP) is 16.1. The van der Waals surface area contributed by atoms with Crippen LogP contribution in [0.3, 0.4) is 0 Å². The maximum Gasteiger partial charge on any atom is 0.252 e. The van der Waals surface area contributed by atoms with E-state index in [2.05, 4.69) is 259 Å². The van der Waals surface area contributed by atoms with Crippen LogP contribution in [0.5, 0.6) is 0 Å². The summed E-state index contributed by atoms with van der Waals surface area (Å²) >= 11 is 0. The monoisotopic (exact) mass is 888 g/mol. The number of furan rings is 1. The molecule has 0 saturated heterocycles. The van der Waals surface area contributed by atoms with Gasteiger partial charge in [-0.1, -0.05) is 182 Å². The van der Waals surface area contributed by atoms with Gasteiger partial charge in [0.05, 0.1) is 5.69 Å². The maximum absolute atomic E-state index is 7.20. The van der Waals surface area contributed by atoms with E-state index in [1.54, 1.807) is 0 Å². The largest absolute Gasteiger partial charge is 0.455 e. The Balaban J connectivity index is 0.923. The summed E-state index contributed by atoms with van der Waals surface area (Å²) in [5.74, 6) is 0. The molecule has 2 aliphatic heterocycles. The molecule has 0 radical (unpaired) electrons. The highest BCUT2D eigenvalue weighted by Gasteiger charge is 2.43. The molecule has 3 nitrogen and oxygen atoms in total. The molecule has 0 atom stereocenters. The zero-order valence-corrected chi connectivity index (χ0v) is 38.1. The minimum atomic E-state index is 0.0625. The second kappa shape index (κ2) is 15.2. The summed E-state index contributed by atoms with van der Waals surface area (Å²) in [6.45, 7) is 0.0625. The van der Waals surface area contributed by atoms with Crippen LogP contribution in [0.2, 0.25) is 0 Å². The fraction of sp³-hybridized carbons (Fsp3) is 0. The van der Waals surface area contributed by atoms with Crippen molar-refractivity contribution in [2.24, 2.45) is 0 Å². The normalized spacial score (nSPS) is 12.8. The zero-order chi connectivity index (χ0) is 45.9. The average molecular weight is 889 g/mol. The molecule has 0 saturated carbocycles. The first-order valence-electron chi connectivity index (χ1n) is 24.2. The molecular weight excluding hydrogens is 848 g/mol. The van der Waals surface area contributed by atoms with E-state index in [0.717, 1.165) is 66.7 Å². The minimum absolute atomic E-state index is 0.0625. The third-order valence-electron chi connectivity index (χ3n) is 15.0. The lowest BCUT2D eigenvalue weighted by molar-refractivity contribution is 0.670. The summed E-state index contributed by atoms with van der Waals surface area (Å²) in [7, 11) is 0. The molecule has 0 fully saturated rings. The van der Waals surface area contributed by atoms with Gasteiger partial charge in [0.15, 0.2) is 0 Å². The fourth-order valence-corrected chi connectivity index (χ4v) is 12.1. The predicted molar refractivity (Wildman–Crippen MR) is 297 cm³/mol. The first-order valence-corrected chi connectivity index (χ1v) is 24.2. The Morgan fingerprint density at radius 2 is 0.800 bits per heavy atom. The van der Waals surface area contributed by atoms with Gasteiger partial charge in [-0.15, -0.1) is 0 Å². The Kier molecular flexibility index (Phi) is 8.45. The topological polar surface area (TPSA) is 19.6 Å². The van der Waals surface area contributed by atoms with Crippen LogP contribution in [-0.2, 0) is 0 Å². The van der Waals surface area contributed by atoms with Crippen LogP contribution in [0.1, 0.15) is 0 Å². The minimum Gasteiger partial charge on any atom is -0.455 e. The second-order valence-electron chi connectivity index (χ2n) is 18.7. The van der Waals surface area contributed by atoms with Crippen LogP contribution in [0.25, 0.3) is 87.6 Å². The zero-order valence-electron chi connectivity index (χ0n) is 38.1. The van der Waals surface area contributed by atoms with Crippen LogP contribution in [0.4, 0.5) is 34.1 Å². The first kappa shape index (κ1) is 38.9. The third-order valence-corrected chi connectivity index (χ3v) is 15.0. The van der Waals surface area contributed by atoms with E-state index >= 15 is 0 Å². The number of fused-ring (bicyclic) bond motifs is 13. The van der Waals surface area contributed by atoms with E-state index < -0.39 is 0 Å². The molecular formula is C66H41BN2O. The van der Waals surface area contributed by atoms with Gasteiger partial charge in [-0.2, -0.15) is 0 Å². The number of para-hydroxylation sites is 4. The van der Waals surface area contributed by atoms with Crippen LogP contribution >= 0.6 is 0 Å². The summed E-state index contributed by atoms with van der Waals surface area (Å²) in [6.07, 6.45) is 0. The van der Waals surface area contributed by atoms with Gasteiger partial charge in [0.25, 0.3) is 6.71 Å². The highest BCUT2D eigenvalue weighted by Crippen LogP contribution is 2.50. The van der Waals surface area contributed by atoms with Crippen molar-refractivity contribution in [1.82, 2.24) is 0 Å². The number of rotatable bonds is 5. The number of anilines is 6. The van der Waals surface area contributed by atoms with E-state index in [4.69, 9.17) is 4.42 Å². The molecule has 1 aromatic heterocycles. The molecule has 70 heavy (non-hydrogen) atoms. The van der Waals surface area contributed by atoms with Crippen LogP contribution < -0.4 is 26.2 Å². The molecule has 12 aromatic carbocycles. The van der Waals surface area contributed by atoms with Gasteiger partial charge in [-0.05, 0) is 138 Å². The van der Waals surface area contributed by atoms with Crippen LogP contribution in [-0.4, -0.2) is 6.71 Å². The number of nitrogens with zero attached hydrogens (tertiary/aromatic N) is 2. The number of hydrogen-bond acceptors (Lipinski definition) is 3. The molecule has 15 rings (SSSR count). The first-order chi connectivity index (χ1) is 34.8. The van der Waals surface area contributed by atoms with Gasteiger partial charge in [-0.3, -0.25) is 0 Å². The van der Waals surface area contributed by atoms with Crippen molar-refractivity contribution in [2.45, 2.75) is 0 Å². The van der Waals surface area contributed by atoms with Crippen LogP contribution in [0.15, 0.2) is 253 Å². The lowest BCUT2D eigenvalue weighted by Gasteiger charge is -2.44. The average Bonchev–Trinajstić information content (AvgIpc) is 3.81. The van der Waals surface area contributed by atoms with Crippen molar-refractivity contribution in [3.8, 4) is 33.4 Å². The molecule has 3 heterocycles. The second-order valence-corrected chi connectivity index (χ2v) is 18.7. The van der Waals surface area contributed by atoms with Gasteiger partial charge in [0, 0.05) is 50.3 Å². The quantitative estimate of drug-likeness (QED) is 0.127.